The summed E-state index contributed by atoms with van der Waals surface area (Å²) in [5, 5.41) is 9.57. The van der Waals surface area contributed by atoms with Gasteiger partial charge >= 0.3 is 24.1 Å². The number of carbonyl (C=O) groups excluding carboxylic acids is 3. The highest BCUT2D eigenvalue weighted by Crippen LogP contribution is 2.36. The molecular weight excluding hydrogens is 446 g/mol. The SMILES string of the molecule is CC(C)OC(=O)OCC(C)C(c1ccc(OC(=O)C(C)C)c(OC(=O)C(C)C)c1)[C@H](N)C(=O)O. The maximum atomic E-state index is 12.3. The second-order valence-corrected chi connectivity index (χ2v) is 8.95. The van der Waals surface area contributed by atoms with Crippen molar-refractivity contribution in [2.24, 2.45) is 23.5 Å². The molecule has 1 aromatic carbocycles. The molecule has 0 aromatic heterocycles. The van der Waals surface area contributed by atoms with E-state index in [1.54, 1.807) is 48.5 Å². The molecule has 0 fully saturated rings. The second-order valence-electron chi connectivity index (χ2n) is 8.95. The summed E-state index contributed by atoms with van der Waals surface area (Å²) in [5.74, 6) is -4.66. The Morgan fingerprint density at radius 1 is 0.882 bits per heavy atom. The minimum Gasteiger partial charge on any atom is -0.480 e. The number of esters is 2. The highest BCUT2D eigenvalue weighted by atomic mass is 16.7. The summed E-state index contributed by atoms with van der Waals surface area (Å²) in [5.41, 5.74) is 6.38. The van der Waals surface area contributed by atoms with Crippen LogP contribution < -0.4 is 15.2 Å². The topological polar surface area (TPSA) is 151 Å². The van der Waals surface area contributed by atoms with Crippen molar-refractivity contribution in [1.29, 1.82) is 0 Å². The number of nitrogens with two attached hydrogens (primary N) is 1. The van der Waals surface area contributed by atoms with E-state index in [-0.39, 0.29) is 24.2 Å². The van der Waals surface area contributed by atoms with Gasteiger partial charge in [-0.2, -0.15) is 0 Å². The lowest BCUT2D eigenvalue weighted by Crippen LogP contribution is -2.40. The Kier molecular flexibility index (Phi) is 11.0. The molecule has 190 valence electrons. The number of carboxylic acid groups (broad SMARTS) is 1. The van der Waals surface area contributed by atoms with Crippen LogP contribution >= 0.6 is 0 Å². The predicted molar refractivity (Wildman–Crippen MR) is 122 cm³/mol. The number of benzene rings is 1. The number of carboxylic acids is 1. The van der Waals surface area contributed by atoms with Crippen LogP contribution in [0.5, 0.6) is 11.5 Å². The van der Waals surface area contributed by atoms with Crippen molar-refractivity contribution in [3.8, 4) is 11.5 Å². The predicted octanol–water partition coefficient (Wildman–Crippen LogP) is 3.50. The number of hydrogen-bond acceptors (Lipinski definition) is 9. The second kappa shape index (κ2) is 12.9. The number of aliphatic carboxylic acids is 1. The van der Waals surface area contributed by atoms with Gasteiger partial charge in [-0.1, -0.05) is 40.7 Å². The van der Waals surface area contributed by atoms with Crippen LogP contribution in [0.3, 0.4) is 0 Å². The average molecular weight is 482 g/mol. The quantitative estimate of drug-likeness (QED) is 0.355. The van der Waals surface area contributed by atoms with Gasteiger partial charge in [0.25, 0.3) is 0 Å². The fraction of sp³-hybridized carbons (Fsp3) is 0.583. The third-order valence-electron chi connectivity index (χ3n) is 4.80. The molecule has 0 aliphatic heterocycles. The molecule has 1 aromatic rings. The van der Waals surface area contributed by atoms with Crippen LogP contribution in [0.2, 0.25) is 0 Å². The van der Waals surface area contributed by atoms with E-state index < -0.39 is 53.8 Å². The molecule has 2 unspecified atom stereocenters. The van der Waals surface area contributed by atoms with E-state index in [0.717, 1.165) is 0 Å². The number of ether oxygens (including phenoxy) is 4. The molecule has 3 atom stereocenters. The van der Waals surface area contributed by atoms with Crippen LogP contribution in [0.25, 0.3) is 0 Å². The van der Waals surface area contributed by atoms with Crippen LogP contribution in [0.1, 0.15) is 59.9 Å². The summed E-state index contributed by atoms with van der Waals surface area (Å²) in [4.78, 5) is 47.9. The van der Waals surface area contributed by atoms with Crippen molar-refractivity contribution in [3.63, 3.8) is 0 Å². The van der Waals surface area contributed by atoms with E-state index in [9.17, 15) is 24.3 Å². The van der Waals surface area contributed by atoms with Crippen LogP contribution in [0.15, 0.2) is 18.2 Å². The lowest BCUT2D eigenvalue weighted by molar-refractivity contribution is -0.140. The Morgan fingerprint density at radius 3 is 1.88 bits per heavy atom. The molecule has 0 heterocycles. The lowest BCUT2D eigenvalue weighted by atomic mass is 9.82. The third kappa shape index (κ3) is 8.66. The normalized spacial score (nSPS) is 13.9. The minimum atomic E-state index is -1.36. The zero-order chi connectivity index (χ0) is 26.2. The average Bonchev–Trinajstić information content (AvgIpc) is 2.73. The van der Waals surface area contributed by atoms with E-state index in [1.165, 1.54) is 18.2 Å². The molecule has 10 nitrogen and oxygen atoms in total. The first kappa shape index (κ1) is 28.9. The zero-order valence-electron chi connectivity index (χ0n) is 20.7. The maximum absolute atomic E-state index is 12.3. The number of carbonyl (C=O) groups is 4. The van der Waals surface area contributed by atoms with E-state index in [0.29, 0.717) is 5.56 Å². The molecule has 0 amide bonds. The minimum absolute atomic E-state index is 0.0171. The van der Waals surface area contributed by atoms with Crippen molar-refractivity contribution < 1.29 is 43.2 Å². The first-order valence-corrected chi connectivity index (χ1v) is 11.1. The van der Waals surface area contributed by atoms with E-state index in [4.69, 9.17) is 24.7 Å². The molecule has 34 heavy (non-hydrogen) atoms. The van der Waals surface area contributed by atoms with Gasteiger partial charge < -0.3 is 29.8 Å². The molecule has 0 aliphatic rings. The Bertz CT molecular complexity index is 879. The fourth-order valence-electron chi connectivity index (χ4n) is 2.92. The fourth-order valence-corrected chi connectivity index (χ4v) is 2.92. The lowest BCUT2D eigenvalue weighted by Gasteiger charge is -2.28. The van der Waals surface area contributed by atoms with Crippen LogP contribution in [-0.4, -0.2) is 47.9 Å². The molecule has 0 aliphatic carbocycles. The Balaban J connectivity index is 3.36. The van der Waals surface area contributed by atoms with Crippen LogP contribution in [0.4, 0.5) is 4.79 Å². The largest absolute Gasteiger partial charge is 0.508 e. The molecule has 10 heteroatoms. The first-order valence-electron chi connectivity index (χ1n) is 11.1. The van der Waals surface area contributed by atoms with Crippen LogP contribution in [0, 0.1) is 17.8 Å². The standard InChI is InChI=1S/C24H35NO9/c1-12(2)22(28)33-17-9-8-16(10-18(17)34-23(29)13(3)4)19(20(25)21(26)27)15(7)11-31-24(30)32-14(5)6/h8-10,12-15,19-20H,11,25H2,1-7H3,(H,26,27)/t15?,19?,20-/m0/s1. The molecule has 1 rings (SSSR count). The van der Waals surface area contributed by atoms with Gasteiger partial charge in [0.2, 0.25) is 0 Å². The molecule has 0 saturated heterocycles. The van der Waals surface area contributed by atoms with Crippen molar-refractivity contribution in [2.75, 3.05) is 6.61 Å². The summed E-state index contributed by atoms with van der Waals surface area (Å²) in [6, 6.07) is 3.00. The summed E-state index contributed by atoms with van der Waals surface area (Å²) < 4.78 is 20.8. The van der Waals surface area contributed by atoms with Gasteiger partial charge in [-0.05, 0) is 37.5 Å². The molecule has 0 saturated carbocycles. The van der Waals surface area contributed by atoms with Crippen molar-refractivity contribution in [2.45, 2.75) is 66.5 Å². The zero-order valence-corrected chi connectivity index (χ0v) is 20.7. The van der Waals surface area contributed by atoms with Crippen molar-refractivity contribution in [3.05, 3.63) is 23.8 Å². The molecule has 3 N–H and O–H groups in total. The van der Waals surface area contributed by atoms with Crippen molar-refractivity contribution >= 4 is 24.1 Å². The highest BCUT2D eigenvalue weighted by Gasteiger charge is 2.33. The smallest absolute Gasteiger partial charge is 0.480 e. The van der Waals surface area contributed by atoms with Gasteiger partial charge in [-0.15, -0.1) is 0 Å². The Morgan fingerprint density at radius 2 is 1.41 bits per heavy atom. The summed E-state index contributed by atoms with van der Waals surface area (Å²) in [6.07, 6.45) is -1.26. The Hall–Kier alpha value is -3.14. The van der Waals surface area contributed by atoms with Gasteiger partial charge in [0.1, 0.15) is 6.04 Å². The van der Waals surface area contributed by atoms with E-state index in [2.05, 4.69) is 0 Å². The molecule has 0 radical (unpaired) electrons. The number of rotatable bonds is 11. The maximum Gasteiger partial charge on any atom is 0.508 e. The van der Waals surface area contributed by atoms with Gasteiger partial charge in [-0.3, -0.25) is 14.4 Å². The monoisotopic (exact) mass is 481 g/mol. The third-order valence-corrected chi connectivity index (χ3v) is 4.80. The highest BCUT2D eigenvalue weighted by molar-refractivity contribution is 5.78. The van der Waals surface area contributed by atoms with E-state index in [1.807, 2.05) is 0 Å². The van der Waals surface area contributed by atoms with E-state index >= 15 is 0 Å². The van der Waals surface area contributed by atoms with Gasteiger partial charge in [0.05, 0.1) is 24.5 Å². The van der Waals surface area contributed by atoms with Crippen molar-refractivity contribution in [1.82, 2.24) is 0 Å². The van der Waals surface area contributed by atoms with Gasteiger partial charge in [0, 0.05) is 5.92 Å². The van der Waals surface area contributed by atoms with Gasteiger partial charge in [0.15, 0.2) is 11.5 Å². The Labute approximate surface area is 199 Å². The molecule has 0 spiro atoms. The van der Waals surface area contributed by atoms with Crippen LogP contribution in [-0.2, 0) is 23.9 Å². The summed E-state index contributed by atoms with van der Waals surface area (Å²) in [6.45, 7) is 11.4. The summed E-state index contributed by atoms with van der Waals surface area (Å²) in [7, 11) is 0. The first-order chi connectivity index (χ1) is 15.7. The molecule has 0 bridgehead atoms. The summed E-state index contributed by atoms with van der Waals surface area (Å²) >= 11 is 0. The molecular formula is C24H35NO9. The number of hydrogen-bond donors (Lipinski definition) is 2. The van der Waals surface area contributed by atoms with Gasteiger partial charge in [-0.25, -0.2) is 4.79 Å².